The molecule has 0 aromatic heterocycles. The largest absolute Gasteiger partial charge is 1.00 e. The van der Waals surface area contributed by atoms with Gasteiger partial charge in [-0.05, 0) is 0 Å². The number of hydrogen-bond donors (Lipinski definition) is 0. The van der Waals surface area contributed by atoms with Gasteiger partial charge in [-0.15, -0.1) is 19.7 Å². The predicted molar refractivity (Wildman–Crippen MR) is 78.6 cm³/mol. The van der Waals surface area contributed by atoms with E-state index < -0.39 is 24.9 Å². The summed E-state index contributed by atoms with van der Waals surface area (Å²) in [6, 6.07) is 0. The molecule has 0 spiro atoms. The van der Waals surface area contributed by atoms with Crippen LogP contribution < -0.4 is 29.6 Å². The van der Waals surface area contributed by atoms with E-state index in [1.165, 1.54) is 6.08 Å². The molecule has 0 radical (unpaired) electrons. The zero-order valence-corrected chi connectivity index (χ0v) is 16.6. The van der Waals surface area contributed by atoms with Crippen LogP contribution in [-0.2, 0) is 19.2 Å². The Bertz CT molecular complexity index is 396. The van der Waals surface area contributed by atoms with Crippen molar-refractivity contribution in [1.82, 2.24) is 0 Å². The number of hydrogen-bond acceptors (Lipinski definition) is 5. The van der Waals surface area contributed by atoms with Gasteiger partial charge in [0.2, 0.25) is 9.05 Å². The Hall–Kier alpha value is 0.850. The summed E-state index contributed by atoms with van der Waals surface area (Å²) in [6.07, 6.45) is 4.09. The molecule has 0 aliphatic carbocycles. The Labute approximate surface area is 150 Å². The maximum atomic E-state index is 9.93. The fourth-order valence-electron chi connectivity index (χ4n) is 0.285. The van der Waals surface area contributed by atoms with Crippen molar-refractivity contribution < 1.29 is 50.9 Å². The molecule has 0 bridgehead atoms. The molecule has 0 aromatic rings. The van der Waals surface area contributed by atoms with E-state index >= 15 is 0 Å². The molecule has 0 heterocycles. The van der Waals surface area contributed by atoms with Crippen molar-refractivity contribution in [3.05, 3.63) is 38.0 Å². The summed E-state index contributed by atoms with van der Waals surface area (Å²) in [4.78, 5) is 0. The molecule has 0 aliphatic rings. The first-order valence-electron chi connectivity index (χ1n) is 4.28. The minimum atomic E-state index is -4.04. The van der Waals surface area contributed by atoms with Crippen molar-refractivity contribution in [1.29, 1.82) is 0 Å². The van der Waals surface area contributed by atoms with E-state index in [0.29, 0.717) is 0 Å². The van der Waals surface area contributed by atoms with Crippen molar-refractivity contribution in [2.24, 2.45) is 0 Å². The first-order chi connectivity index (χ1) is 8.04. The number of alkyl halides is 1. The van der Waals surface area contributed by atoms with Crippen LogP contribution in [0.5, 0.6) is 0 Å². The number of halogens is 2. The van der Waals surface area contributed by atoms with Crippen molar-refractivity contribution in [3.8, 4) is 0 Å². The van der Waals surface area contributed by atoms with Crippen LogP contribution >= 0.6 is 26.6 Å². The SMILES string of the molecule is C=CCBr.C=CCS(=O)(=O)Cl.C=CCS(=O)(=O)[O-].[Na+]. The van der Waals surface area contributed by atoms with E-state index in [1.54, 1.807) is 6.08 Å². The molecular weight excluding hydrogens is 391 g/mol. The van der Waals surface area contributed by atoms with Crippen molar-refractivity contribution in [3.63, 3.8) is 0 Å². The minimum Gasteiger partial charge on any atom is -0.748 e. The molecule has 19 heavy (non-hydrogen) atoms. The summed E-state index contributed by atoms with van der Waals surface area (Å²) in [5.74, 6) is -0.637. The van der Waals surface area contributed by atoms with E-state index in [2.05, 4.69) is 35.7 Å². The molecule has 0 saturated carbocycles. The quantitative estimate of drug-likeness (QED) is 0.193. The normalized spacial score (nSPS) is 9.42. The van der Waals surface area contributed by atoms with Crippen LogP contribution in [0.1, 0.15) is 0 Å². The van der Waals surface area contributed by atoms with E-state index in [0.717, 1.165) is 11.4 Å². The molecule has 0 rings (SSSR count). The molecular formula is C9H15BrClNaO5S2. The smallest absolute Gasteiger partial charge is 0.748 e. The second-order valence-electron chi connectivity index (χ2n) is 2.45. The van der Waals surface area contributed by atoms with Gasteiger partial charge >= 0.3 is 29.6 Å². The zero-order chi connectivity index (χ0) is 15.2. The topological polar surface area (TPSA) is 91.3 Å². The Balaban J connectivity index is -0.0000000900. The molecule has 0 aliphatic heterocycles. The molecule has 0 saturated heterocycles. The molecule has 0 fully saturated rings. The summed E-state index contributed by atoms with van der Waals surface area (Å²) in [5, 5.41) is 0.896. The van der Waals surface area contributed by atoms with Gasteiger partial charge in [-0.2, -0.15) is 0 Å². The van der Waals surface area contributed by atoms with Gasteiger partial charge in [-0.1, -0.05) is 34.2 Å². The average molecular weight is 406 g/mol. The van der Waals surface area contributed by atoms with Gasteiger partial charge in [-0.25, -0.2) is 16.8 Å². The standard InChI is InChI=1S/C3H5Br.C3H5ClO2S.C3H6O3S.Na/c1-2-3-4;2*1-2-3-7(4,5)6;/h2H,1,3H2;2H,1,3H2;2H,1,3H2,(H,4,5,6);/q;;;+1/p-1. The summed E-state index contributed by atoms with van der Waals surface area (Å²) in [6.45, 7) is 9.68. The summed E-state index contributed by atoms with van der Waals surface area (Å²) in [7, 11) is -2.63. The van der Waals surface area contributed by atoms with Crippen LogP contribution in [0.4, 0.5) is 0 Å². The van der Waals surface area contributed by atoms with E-state index in [1.807, 2.05) is 0 Å². The minimum absolute atomic E-state index is 0. The molecule has 10 heteroatoms. The van der Waals surface area contributed by atoms with Gasteiger partial charge in [0.05, 0.1) is 21.6 Å². The molecule has 0 N–H and O–H groups in total. The molecule has 108 valence electrons. The van der Waals surface area contributed by atoms with Crippen LogP contribution in [0.25, 0.3) is 0 Å². The van der Waals surface area contributed by atoms with Crippen molar-refractivity contribution >= 4 is 45.8 Å². The fraction of sp³-hybridized carbons (Fsp3) is 0.333. The Kier molecular flexibility index (Phi) is 25.0. The molecule has 0 amide bonds. The van der Waals surface area contributed by atoms with Crippen molar-refractivity contribution in [2.75, 3.05) is 16.8 Å². The summed E-state index contributed by atoms with van der Waals surface area (Å²) in [5.41, 5.74) is 0. The first-order valence-corrected chi connectivity index (χ1v) is 9.46. The molecule has 0 atom stereocenters. The Morgan fingerprint density at radius 1 is 1.00 bits per heavy atom. The summed E-state index contributed by atoms with van der Waals surface area (Å²) < 4.78 is 48.7. The van der Waals surface area contributed by atoms with Gasteiger partial charge in [0.1, 0.15) is 0 Å². The molecule has 5 nitrogen and oxygen atoms in total. The maximum Gasteiger partial charge on any atom is 1.00 e. The van der Waals surface area contributed by atoms with Crippen LogP contribution in [0.3, 0.4) is 0 Å². The van der Waals surface area contributed by atoms with Gasteiger partial charge in [0, 0.05) is 16.0 Å². The van der Waals surface area contributed by atoms with E-state index in [4.69, 9.17) is 10.7 Å². The van der Waals surface area contributed by atoms with Crippen molar-refractivity contribution in [2.45, 2.75) is 0 Å². The van der Waals surface area contributed by atoms with Gasteiger partial charge in [0.25, 0.3) is 0 Å². The monoisotopic (exact) mass is 404 g/mol. The molecule has 0 aromatic carbocycles. The third kappa shape index (κ3) is 55.2. The Morgan fingerprint density at radius 3 is 1.32 bits per heavy atom. The second kappa shape index (κ2) is 16.9. The van der Waals surface area contributed by atoms with Gasteiger partial charge in [0.15, 0.2) is 0 Å². The second-order valence-corrected chi connectivity index (χ2v) is 7.37. The third-order valence-corrected chi connectivity index (χ3v) is 2.86. The molecule has 0 unspecified atom stereocenters. The average Bonchev–Trinajstić information content (AvgIpc) is 2.15. The predicted octanol–water partition coefficient (Wildman–Crippen LogP) is -0.970. The van der Waals surface area contributed by atoms with Crippen LogP contribution in [0.2, 0.25) is 0 Å². The Morgan fingerprint density at radius 2 is 1.32 bits per heavy atom. The maximum absolute atomic E-state index is 9.93. The van der Waals surface area contributed by atoms with Gasteiger partial charge < -0.3 is 4.55 Å². The fourth-order valence-corrected chi connectivity index (χ4v) is 1.12. The van der Waals surface area contributed by atoms with Gasteiger partial charge in [-0.3, -0.25) is 0 Å². The van der Waals surface area contributed by atoms with Crippen LogP contribution in [-0.4, -0.2) is 38.2 Å². The zero-order valence-electron chi connectivity index (χ0n) is 10.6. The van der Waals surface area contributed by atoms with Crippen LogP contribution in [0.15, 0.2) is 38.0 Å². The first kappa shape index (κ1) is 28.1. The van der Waals surface area contributed by atoms with E-state index in [9.17, 15) is 21.4 Å². The summed E-state index contributed by atoms with van der Waals surface area (Å²) >= 11 is 3.13. The number of allylic oxidation sites excluding steroid dienone is 1. The van der Waals surface area contributed by atoms with Crippen LogP contribution in [0, 0.1) is 0 Å². The third-order valence-electron chi connectivity index (χ3n) is 0.748. The number of rotatable bonds is 5. The van der Waals surface area contributed by atoms with E-state index in [-0.39, 0.29) is 35.3 Å².